The number of nitrogens with zero attached hydrogens (tertiary/aromatic N) is 2. The number of hydrogen-bond donors (Lipinski definition) is 1. The summed E-state index contributed by atoms with van der Waals surface area (Å²) in [6, 6.07) is 1.97. The van der Waals surface area contributed by atoms with Crippen LogP contribution in [0, 0.1) is 5.92 Å². The minimum Gasteiger partial charge on any atom is -0.474 e. The summed E-state index contributed by atoms with van der Waals surface area (Å²) in [5, 5.41) is 4.10. The van der Waals surface area contributed by atoms with Crippen LogP contribution in [0.15, 0.2) is 12.3 Å². The maximum absolute atomic E-state index is 6.21. The molecule has 5 heteroatoms. The second-order valence-corrected chi connectivity index (χ2v) is 6.67. The fraction of sp³-hybridized carbons (Fsp3) is 0.688. The molecule has 1 aliphatic heterocycles. The number of rotatable bonds is 6. The van der Waals surface area contributed by atoms with E-state index in [4.69, 9.17) is 16.3 Å². The fourth-order valence-corrected chi connectivity index (χ4v) is 2.60. The summed E-state index contributed by atoms with van der Waals surface area (Å²) in [4.78, 5) is 6.63. The molecule has 0 unspecified atom stereocenters. The van der Waals surface area contributed by atoms with E-state index >= 15 is 0 Å². The van der Waals surface area contributed by atoms with E-state index < -0.39 is 0 Å². The Bertz CT molecular complexity index is 445. The Balaban J connectivity index is 1.91. The number of halogens is 1. The summed E-state index contributed by atoms with van der Waals surface area (Å²) in [7, 11) is 2.15. The maximum atomic E-state index is 6.21. The van der Waals surface area contributed by atoms with Crippen molar-refractivity contribution >= 4 is 11.6 Å². The second-order valence-electron chi connectivity index (χ2n) is 6.26. The lowest BCUT2D eigenvalue weighted by Crippen LogP contribution is -2.35. The maximum Gasteiger partial charge on any atom is 0.213 e. The van der Waals surface area contributed by atoms with Gasteiger partial charge in [0.1, 0.15) is 6.10 Å². The van der Waals surface area contributed by atoms with Crippen LogP contribution in [0.2, 0.25) is 5.02 Å². The Morgan fingerprint density at radius 3 is 2.81 bits per heavy atom. The van der Waals surface area contributed by atoms with Gasteiger partial charge >= 0.3 is 0 Å². The molecular formula is C16H26ClN3O. The molecule has 1 saturated heterocycles. The van der Waals surface area contributed by atoms with E-state index in [1.54, 1.807) is 6.20 Å². The molecule has 0 radical (unpaired) electrons. The third-order valence-corrected chi connectivity index (χ3v) is 4.07. The molecule has 0 bridgehead atoms. The van der Waals surface area contributed by atoms with Gasteiger partial charge in [-0.05, 0) is 37.9 Å². The van der Waals surface area contributed by atoms with Crippen molar-refractivity contribution in [3.05, 3.63) is 22.8 Å². The van der Waals surface area contributed by atoms with E-state index in [0.29, 0.717) is 16.8 Å². The highest BCUT2D eigenvalue weighted by atomic mass is 35.5. The zero-order chi connectivity index (χ0) is 15.2. The van der Waals surface area contributed by atoms with Crippen LogP contribution >= 0.6 is 11.6 Å². The Morgan fingerprint density at radius 2 is 2.14 bits per heavy atom. The van der Waals surface area contributed by atoms with Crippen molar-refractivity contribution in [3.63, 3.8) is 0 Å². The average Bonchev–Trinajstić information content (AvgIpc) is 2.44. The van der Waals surface area contributed by atoms with Crippen LogP contribution in [0.5, 0.6) is 5.88 Å². The van der Waals surface area contributed by atoms with E-state index in [0.717, 1.165) is 44.6 Å². The van der Waals surface area contributed by atoms with Gasteiger partial charge in [0.05, 0.1) is 5.02 Å². The fourth-order valence-electron chi connectivity index (χ4n) is 2.43. The number of likely N-dealkylation sites (tertiary alicyclic amines) is 1. The number of piperidine rings is 1. The predicted octanol–water partition coefficient (Wildman–Crippen LogP) is 2.95. The molecule has 0 spiro atoms. The zero-order valence-electron chi connectivity index (χ0n) is 13.2. The molecule has 0 amide bonds. The van der Waals surface area contributed by atoms with E-state index in [2.05, 4.69) is 36.1 Å². The van der Waals surface area contributed by atoms with Crippen molar-refractivity contribution in [1.82, 2.24) is 15.2 Å². The quantitative estimate of drug-likeness (QED) is 0.876. The third-order valence-electron chi connectivity index (χ3n) is 3.73. The summed E-state index contributed by atoms with van der Waals surface area (Å²) in [5.41, 5.74) is 1.05. The Labute approximate surface area is 132 Å². The monoisotopic (exact) mass is 311 g/mol. The van der Waals surface area contributed by atoms with Gasteiger partial charge in [-0.1, -0.05) is 25.4 Å². The Kier molecular flexibility index (Phi) is 6.27. The van der Waals surface area contributed by atoms with E-state index in [1.807, 2.05) is 6.07 Å². The molecule has 0 aromatic carbocycles. The standard InChI is InChI=1S/C16H26ClN3O/c1-12(2)9-18-10-13-8-16(19-11-15(13)17)21-14-4-6-20(3)7-5-14/h8,11-12,14,18H,4-7,9-10H2,1-3H3. The molecule has 1 aliphatic rings. The Morgan fingerprint density at radius 1 is 1.43 bits per heavy atom. The summed E-state index contributed by atoms with van der Waals surface area (Å²) in [6.07, 6.45) is 4.08. The highest BCUT2D eigenvalue weighted by molar-refractivity contribution is 6.31. The molecule has 1 fully saturated rings. The van der Waals surface area contributed by atoms with Gasteiger partial charge < -0.3 is 15.0 Å². The number of pyridine rings is 1. The zero-order valence-corrected chi connectivity index (χ0v) is 14.0. The average molecular weight is 312 g/mol. The largest absolute Gasteiger partial charge is 0.474 e. The Hall–Kier alpha value is -0.840. The van der Waals surface area contributed by atoms with Gasteiger partial charge in [-0.2, -0.15) is 0 Å². The molecule has 21 heavy (non-hydrogen) atoms. The molecule has 1 aromatic heterocycles. The van der Waals surface area contributed by atoms with Crippen molar-refractivity contribution in [2.75, 3.05) is 26.7 Å². The molecule has 0 atom stereocenters. The molecule has 4 nitrogen and oxygen atoms in total. The summed E-state index contributed by atoms with van der Waals surface area (Å²) < 4.78 is 6.00. The topological polar surface area (TPSA) is 37.4 Å². The van der Waals surface area contributed by atoms with Gasteiger partial charge in [-0.25, -0.2) is 4.98 Å². The molecule has 118 valence electrons. The van der Waals surface area contributed by atoms with Crippen LogP contribution in [0.1, 0.15) is 32.3 Å². The van der Waals surface area contributed by atoms with Crippen LogP contribution in [0.3, 0.4) is 0 Å². The number of aromatic nitrogens is 1. The molecule has 1 aromatic rings. The molecule has 0 saturated carbocycles. The number of nitrogens with one attached hydrogen (secondary N) is 1. The summed E-state index contributed by atoms with van der Waals surface area (Å²) in [6.45, 7) is 8.28. The first-order valence-electron chi connectivity index (χ1n) is 7.75. The first-order chi connectivity index (χ1) is 10.0. The summed E-state index contributed by atoms with van der Waals surface area (Å²) >= 11 is 6.21. The number of ether oxygens (including phenoxy) is 1. The molecule has 2 heterocycles. The number of hydrogen-bond acceptors (Lipinski definition) is 4. The van der Waals surface area contributed by atoms with Crippen molar-refractivity contribution in [2.45, 2.75) is 39.3 Å². The normalized spacial score (nSPS) is 17.4. The van der Waals surface area contributed by atoms with E-state index in [-0.39, 0.29) is 6.10 Å². The smallest absolute Gasteiger partial charge is 0.213 e. The van der Waals surface area contributed by atoms with Crippen LogP contribution in [-0.2, 0) is 6.54 Å². The minimum atomic E-state index is 0.270. The minimum absolute atomic E-state index is 0.270. The molecular weight excluding hydrogens is 286 g/mol. The SMILES string of the molecule is CC(C)CNCc1cc(OC2CCN(C)CC2)ncc1Cl. The van der Waals surface area contributed by atoms with Gasteiger partial charge in [0.25, 0.3) is 0 Å². The molecule has 0 aliphatic carbocycles. The lowest BCUT2D eigenvalue weighted by molar-refractivity contribution is 0.110. The van der Waals surface area contributed by atoms with Gasteiger partial charge in [-0.3, -0.25) is 0 Å². The van der Waals surface area contributed by atoms with E-state index in [1.165, 1.54) is 0 Å². The first kappa shape index (κ1) is 16.5. The highest BCUT2D eigenvalue weighted by Crippen LogP contribution is 2.22. The van der Waals surface area contributed by atoms with Crippen molar-refractivity contribution in [3.8, 4) is 5.88 Å². The second kappa shape index (κ2) is 7.97. The van der Waals surface area contributed by atoms with Crippen molar-refractivity contribution < 1.29 is 4.74 Å². The lowest BCUT2D eigenvalue weighted by Gasteiger charge is -2.29. The van der Waals surface area contributed by atoms with Gasteiger partial charge in [-0.15, -0.1) is 0 Å². The third kappa shape index (κ3) is 5.46. The van der Waals surface area contributed by atoms with Crippen LogP contribution < -0.4 is 10.1 Å². The highest BCUT2D eigenvalue weighted by Gasteiger charge is 2.18. The van der Waals surface area contributed by atoms with Gasteiger partial charge in [0, 0.05) is 31.9 Å². The van der Waals surface area contributed by atoms with Crippen molar-refractivity contribution in [2.24, 2.45) is 5.92 Å². The van der Waals surface area contributed by atoms with Crippen LogP contribution in [0.4, 0.5) is 0 Å². The van der Waals surface area contributed by atoms with Crippen LogP contribution in [-0.4, -0.2) is 42.7 Å². The van der Waals surface area contributed by atoms with Gasteiger partial charge in [0.15, 0.2) is 0 Å². The summed E-state index contributed by atoms with van der Waals surface area (Å²) in [5.74, 6) is 1.32. The molecule has 2 rings (SSSR count). The predicted molar refractivity (Wildman–Crippen MR) is 86.9 cm³/mol. The molecule has 1 N–H and O–H groups in total. The lowest BCUT2D eigenvalue weighted by atomic mass is 10.1. The first-order valence-corrected chi connectivity index (χ1v) is 8.12. The van der Waals surface area contributed by atoms with Gasteiger partial charge in [0.2, 0.25) is 5.88 Å². The van der Waals surface area contributed by atoms with Crippen LogP contribution in [0.25, 0.3) is 0 Å². The van der Waals surface area contributed by atoms with Crippen molar-refractivity contribution in [1.29, 1.82) is 0 Å². The van der Waals surface area contributed by atoms with E-state index in [9.17, 15) is 0 Å².